The standard InChI is InChI=1S/C28H25F5N6O4/c1-14-13-20(40)36-37-24(14)16-6-8-18(23(30)22(16)29)43-12-4-3-11-39-21(41)10-7-17(38-39)15-5-9-19(42-2)26-25(15)34-27(35-26)28(31,32)33/h5-10,14H,3-4,11-13H2,1-2H3,(H,34,35)(H,36,40). The lowest BCUT2D eigenvalue weighted by Crippen LogP contribution is -2.32. The predicted octanol–water partition coefficient (Wildman–Crippen LogP) is 4.81. The molecule has 0 fully saturated rings. The highest BCUT2D eigenvalue weighted by Crippen LogP contribution is 2.36. The summed E-state index contributed by atoms with van der Waals surface area (Å²) in [5.74, 6) is -4.36. The molecule has 5 rings (SSSR count). The first-order valence-electron chi connectivity index (χ1n) is 13.2. The van der Waals surface area contributed by atoms with Crippen molar-refractivity contribution in [2.24, 2.45) is 11.0 Å². The lowest BCUT2D eigenvalue weighted by atomic mass is 9.93. The summed E-state index contributed by atoms with van der Waals surface area (Å²) in [6, 6.07) is 8.23. The van der Waals surface area contributed by atoms with Gasteiger partial charge in [-0.2, -0.15) is 27.8 Å². The number of rotatable bonds is 9. The lowest BCUT2D eigenvalue weighted by Gasteiger charge is -2.20. The van der Waals surface area contributed by atoms with Gasteiger partial charge in [-0.3, -0.25) is 9.59 Å². The van der Waals surface area contributed by atoms with Gasteiger partial charge in [-0.1, -0.05) is 6.92 Å². The molecule has 43 heavy (non-hydrogen) atoms. The summed E-state index contributed by atoms with van der Waals surface area (Å²) in [6.45, 7) is 1.82. The second kappa shape index (κ2) is 11.8. The zero-order valence-corrected chi connectivity index (χ0v) is 22.9. The Hall–Kier alpha value is -4.82. The molecule has 2 aromatic carbocycles. The van der Waals surface area contributed by atoms with Crippen molar-refractivity contribution in [1.82, 2.24) is 25.2 Å². The average Bonchev–Trinajstić information content (AvgIpc) is 3.43. The van der Waals surface area contributed by atoms with Crippen molar-refractivity contribution in [3.05, 3.63) is 69.8 Å². The highest BCUT2D eigenvalue weighted by atomic mass is 19.4. The Morgan fingerprint density at radius 2 is 1.74 bits per heavy atom. The van der Waals surface area contributed by atoms with Gasteiger partial charge in [0, 0.05) is 36.1 Å². The van der Waals surface area contributed by atoms with Crippen LogP contribution in [0.1, 0.15) is 37.6 Å². The number of carbonyl (C=O) groups is 1. The number of amides is 1. The summed E-state index contributed by atoms with van der Waals surface area (Å²) in [5.41, 5.74) is 2.49. The normalized spacial score (nSPS) is 15.4. The third-order valence-corrected chi connectivity index (χ3v) is 6.84. The zero-order chi connectivity index (χ0) is 30.9. The van der Waals surface area contributed by atoms with Gasteiger partial charge < -0.3 is 14.5 Å². The number of alkyl halides is 3. The number of hydrogen-bond acceptors (Lipinski definition) is 7. The number of hydrogen-bond donors (Lipinski definition) is 2. The number of unbranched alkanes of at least 4 members (excludes halogenated alkanes) is 1. The molecule has 0 bridgehead atoms. The Bertz CT molecular complexity index is 1780. The van der Waals surface area contributed by atoms with Crippen LogP contribution in [0.2, 0.25) is 0 Å². The van der Waals surface area contributed by atoms with Gasteiger partial charge in [0.25, 0.3) is 5.56 Å². The quantitative estimate of drug-likeness (QED) is 0.209. The maximum atomic E-state index is 14.8. The van der Waals surface area contributed by atoms with Crippen LogP contribution in [0.25, 0.3) is 22.3 Å². The van der Waals surface area contributed by atoms with Crippen LogP contribution in [0.3, 0.4) is 0 Å². The number of benzene rings is 2. The number of imidazole rings is 1. The van der Waals surface area contributed by atoms with Gasteiger partial charge in [0.2, 0.25) is 17.5 Å². The molecule has 15 heteroatoms. The van der Waals surface area contributed by atoms with Crippen LogP contribution in [0, 0.1) is 17.6 Å². The molecule has 1 aliphatic heterocycles. The SMILES string of the molecule is COc1ccc(-c2ccc(=O)n(CCCCOc3ccc(C4=NNC(=O)CC4C)c(F)c3F)n2)c2nc(C(F)(F)F)[nH]c12. The number of fused-ring (bicyclic) bond motifs is 1. The van der Waals surface area contributed by atoms with Crippen LogP contribution in [0.5, 0.6) is 11.5 Å². The van der Waals surface area contributed by atoms with E-state index in [2.05, 4.69) is 25.6 Å². The van der Waals surface area contributed by atoms with E-state index in [-0.39, 0.29) is 70.5 Å². The van der Waals surface area contributed by atoms with E-state index in [1.54, 1.807) is 6.92 Å². The molecule has 4 aromatic rings. The third-order valence-electron chi connectivity index (χ3n) is 6.84. The molecule has 0 saturated heterocycles. The number of hydrazone groups is 1. The number of halogens is 5. The van der Waals surface area contributed by atoms with Gasteiger partial charge in [0.05, 0.1) is 25.1 Å². The molecule has 0 saturated carbocycles. The Balaban J connectivity index is 1.25. The first-order valence-corrected chi connectivity index (χ1v) is 13.2. The molecule has 10 nitrogen and oxygen atoms in total. The van der Waals surface area contributed by atoms with E-state index >= 15 is 0 Å². The lowest BCUT2D eigenvalue weighted by molar-refractivity contribution is -0.144. The number of ether oxygens (including phenoxy) is 2. The third kappa shape index (κ3) is 6.05. The summed E-state index contributed by atoms with van der Waals surface area (Å²) in [5, 5.41) is 8.16. The van der Waals surface area contributed by atoms with E-state index in [1.807, 2.05) is 0 Å². The smallest absolute Gasteiger partial charge is 0.449 e. The molecule has 1 atom stereocenters. The monoisotopic (exact) mass is 604 g/mol. The van der Waals surface area contributed by atoms with Crippen LogP contribution in [0.4, 0.5) is 22.0 Å². The fourth-order valence-electron chi connectivity index (χ4n) is 4.70. The van der Waals surface area contributed by atoms with Crippen LogP contribution >= 0.6 is 0 Å². The molecule has 226 valence electrons. The van der Waals surface area contributed by atoms with Crippen molar-refractivity contribution < 1.29 is 36.2 Å². The van der Waals surface area contributed by atoms with E-state index < -0.39 is 35.1 Å². The van der Waals surface area contributed by atoms with Crippen molar-refractivity contribution >= 4 is 22.7 Å². The minimum Gasteiger partial charge on any atom is -0.494 e. The second-order valence-electron chi connectivity index (χ2n) is 9.83. The fourth-order valence-corrected chi connectivity index (χ4v) is 4.70. The van der Waals surface area contributed by atoms with E-state index in [1.165, 1.54) is 43.5 Å². The molecule has 2 aromatic heterocycles. The maximum Gasteiger partial charge on any atom is 0.449 e. The number of nitrogens with zero attached hydrogens (tertiary/aromatic N) is 4. The Labute approximate surface area is 240 Å². The van der Waals surface area contributed by atoms with Gasteiger partial charge in [-0.05, 0) is 43.2 Å². The minimum absolute atomic E-state index is 0.00411. The number of methoxy groups -OCH3 is 1. The van der Waals surface area contributed by atoms with E-state index in [0.717, 1.165) is 4.68 Å². The topological polar surface area (TPSA) is 123 Å². The van der Waals surface area contributed by atoms with E-state index in [4.69, 9.17) is 9.47 Å². The summed E-state index contributed by atoms with van der Waals surface area (Å²) >= 11 is 0. The van der Waals surface area contributed by atoms with E-state index in [9.17, 15) is 31.5 Å². The van der Waals surface area contributed by atoms with Crippen molar-refractivity contribution in [2.75, 3.05) is 13.7 Å². The van der Waals surface area contributed by atoms with Gasteiger partial charge in [-0.25, -0.2) is 19.5 Å². The zero-order valence-electron chi connectivity index (χ0n) is 22.9. The number of aromatic nitrogens is 4. The number of carbonyl (C=O) groups excluding carboxylic acids is 1. The summed E-state index contributed by atoms with van der Waals surface area (Å²) in [4.78, 5) is 29.8. The summed E-state index contributed by atoms with van der Waals surface area (Å²) in [7, 11) is 1.32. The van der Waals surface area contributed by atoms with Crippen molar-refractivity contribution in [3.63, 3.8) is 0 Å². The molecular formula is C28H25F5N6O4. The van der Waals surface area contributed by atoms with Crippen molar-refractivity contribution in [3.8, 4) is 22.8 Å². The molecule has 1 amide bonds. The molecular weight excluding hydrogens is 579 g/mol. The molecule has 1 unspecified atom stereocenters. The average molecular weight is 605 g/mol. The molecule has 0 spiro atoms. The number of H-pyrrole nitrogens is 1. The molecule has 0 radical (unpaired) electrons. The van der Waals surface area contributed by atoms with Crippen LogP contribution in [-0.4, -0.2) is 45.1 Å². The predicted molar refractivity (Wildman–Crippen MR) is 145 cm³/mol. The van der Waals surface area contributed by atoms with E-state index in [0.29, 0.717) is 12.8 Å². The molecule has 3 heterocycles. The molecule has 0 aliphatic carbocycles. The summed E-state index contributed by atoms with van der Waals surface area (Å²) in [6.07, 6.45) is -3.90. The Morgan fingerprint density at radius 3 is 2.47 bits per heavy atom. The number of nitrogens with one attached hydrogen (secondary N) is 2. The maximum absolute atomic E-state index is 14.8. The fraction of sp³-hybridized carbons (Fsp3) is 0.321. The number of aryl methyl sites for hydroxylation is 1. The van der Waals surface area contributed by atoms with Gasteiger partial charge in [-0.15, -0.1) is 0 Å². The van der Waals surface area contributed by atoms with Gasteiger partial charge in [0.1, 0.15) is 16.8 Å². The highest BCUT2D eigenvalue weighted by Gasteiger charge is 2.35. The minimum atomic E-state index is -4.71. The summed E-state index contributed by atoms with van der Waals surface area (Å²) < 4.78 is 81.2. The first-order chi connectivity index (χ1) is 20.5. The molecule has 1 aliphatic rings. The Morgan fingerprint density at radius 1 is 1.00 bits per heavy atom. The van der Waals surface area contributed by atoms with Crippen LogP contribution in [-0.2, 0) is 17.5 Å². The van der Waals surface area contributed by atoms with Gasteiger partial charge in [0.15, 0.2) is 11.6 Å². The second-order valence-corrected chi connectivity index (χ2v) is 9.83. The van der Waals surface area contributed by atoms with Crippen LogP contribution in [0.15, 0.2) is 46.3 Å². The first kappa shape index (κ1) is 29.7. The molecule has 2 N–H and O–H groups in total. The van der Waals surface area contributed by atoms with Crippen LogP contribution < -0.4 is 20.5 Å². The largest absolute Gasteiger partial charge is 0.494 e. The van der Waals surface area contributed by atoms with Crippen molar-refractivity contribution in [2.45, 2.75) is 38.9 Å². The highest BCUT2D eigenvalue weighted by molar-refractivity contribution is 6.06. The van der Waals surface area contributed by atoms with Crippen molar-refractivity contribution in [1.29, 1.82) is 0 Å². The number of aromatic amines is 1. The Kier molecular flexibility index (Phi) is 8.15. The van der Waals surface area contributed by atoms with Gasteiger partial charge >= 0.3 is 6.18 Å².